The molecule has 0 unspecified atom stereocenters. The molecule has 1 fully saturated rings. The standard InChI is InChI=1S/C25H28N2O2/c1-20-5-4-6-21(17-20)19-29-25-8-3-2-7-22(25)18-26-23-9-11-24(12-10-23)27-13-15-28-16-14-27/h2-12,17,26H,13-16,18-19H2,1H3. The van der Waals surface area contributed by atoms with Crippen molar-refractivity contribution in [2.45, 2.75) is 20.1 Å². The Hall–Kier alpha value is -2.98. The van der Waals surface area contributed by atoms with Gasteiger partial charge in [-0.05, 0) is 42.8 Å². The summed E-state index contributed by atoms with van der Waals surface area (Å²) in [5.41, 5.74) is 5.95. The lowest BCUT2D eigenvalue weighted by Gasteiger charge is -2.29. The Morgan fingerprint density at radius 2 is 1.72 bits per heavy atom. The molecule has 1 N–H and O–H groups in total. The van der Waals surface area contributed by atoms with Gasteiger partial charge in [0.1, 0.15) is 12.4 Å². The molecule has 1 heterocycles. The summed E-state index contributed by atoms with van der Waals surface area (Å²) in [4.78, 5) is 2.36. The van der Waals surface area contributed by atoms with Crippen LogP contribution in [0.3, 0.4) is 0 Å². The van der Waals surface area contributed by atoms with E-state index in [-0.39, 0.29) is 0 Å². The van der Waals surface area contributed by atoms with Crippen LogP contribution in [-0.4, -0.2) is 26.3 Å². The molecule has 0 radical (unpaired) electrons. The van der Waals surface area contributed by atoms with Crippen molar-refractivity contribution in [1.82, 2.24) is 0 Å². The number of benzene rings is 3. The Labute approximate surface area is 173 Å². The maximum absolute atomic E-state index is 6.11. The summed E-state index contributed by atoms with van der Waals surface area (Å²) in [6.07, 6.45) is 0. The van der Waals surface area contributed by atoms with Crippen molar-refractivity contribution in [3.05, 3.63) is 89.5 Å². The van der Waals surface area contributed by atoms with Gasteiger partial charge in [-0.3, -0.25) is 0 Å². The number of morpholine rings is 1. The first-order valence-corrected chi connectivity index (χ1v) is 10.2. The van der Waals surface area contributed by atoms with Crippen molar-refractivity contribution >= 4 is 11.4 Å². The van der Waals surface area contributed by atoms with Gasteiger partial charge in [0.15, 0.2) is 0 Å². The van der Waals surface area contributed by atoms with Crippen LogP contribution in [0, 0.1) is 6.92 Å². The van der Waals surface area contributed by atoms with Gasteiger partial charge in [0, 0.05) is 36.6 Å². The van der Waals surface area contributed by atoms with Crippen LogP contribution in [0.15, 0.2) is 72.8 Å². The third-order valence-corrected chi connectivity index (χ3v) is 5.18. The predicted molar refractivity (Wildman–Crippen MR) is 119 cm³/mol. The summed E-state index contributed by atoms with van der Waals surface area (Å²) < 4.78 is 11.5. The van der Waals surface area contributed by atoms with Gasteiger partial charge in [-0.2, -0.15) is 0 Å². The van der Waals surface area contributed by atoms with Crippen LogP contribution in [0.5, 0.6) is 5.75 Å². The molecule has 29 heavy (non-hydrogen) atoms. The molecule has 150 valence electrons. The number of hydrogen-bond donors (Lipinski definition) is 1. The minimum atomic E-state index is 0.576. The van der Waals surface area contributed by atoms with Gasteiger partial charge in [0.2, 0.25) is 0 Å². The van der Waals surface area contributed by atoms with Crippen LogP contribution in [-0.2, 0) is 17.9 Å². The zero-order chi connectivity index (χ0) is 19.9. The maximum Gasteiger partial charge on any atom is 0.124 e. The fourth-order valence-corrected chi connectivity index (χ4v) is 3.56. The average Bonchev–Trinajstić information content (AvgIpc) is 2.78. The van der Waals surface area contributed by atoms with Crippen LogP contribution >= 0.6 is 0 Å². The Morgan fingerprint density at radius 1 is 0.931 bits per heavy atom. The summed E-state index contributed by atoms with van der Waals surface area (Å²) in [6, 6.07) is 25.3. The normalized spacial score (nSPS) is 13.9. The van der Waals surface area contributed by atoms with E-state index in [1.165, 1.54) is 16.8 Å². The van der Waals surface area contributed by atoms with Gasteiger partial charge in [-0.1, -0.05) is 48.0 Å². The van der Waals surface area contributed by atoms with Crippen molar-refractivity contribution in [3.8, 4) is 5.75 Å². The smallest absolute Gasteiger partial charge is 0.124 e. The summed E-state index contributed by atoms with van der Waals surface area (Å²) in [6.45, 7) is 6.93. The van der Waals surface area contributed by atoms with Gasteiger partial charge in [-0.25, -0.2) is 0 Å². The summed E-state index contributed by atoms with van der Waals surface area (Å²) in [5, 5.41) is 3.52. The molecular formula is C25H28N2O2. The molecule has 1 saturated heterocycles. The fourth-order valence-electron chi connectivity index (χ4n) is 3.56. The molecule has 3 aromatic carbocycles. The Morgan fingerprint density at radius 3 is 2.52 bits per heavy atom. The lowest BCUT2D eigenvalue weighted by Crippen LogP contribution is -2.36. The molecule has 0 aliphatic carbocycles. The third kappa shape index (κ3) is 5.30. The third-order valence-electron chi connectivity index (χ3n) is 5.18. The molecule has 1 aliphatic rings. The van der Waals surface area contributed by atoms with Crippen molar-refractivity contribution in [2.75, 3.05) is 36.5 Å². The molecule has 0 aromatic heterocycles. The van der Waals surface area contributed by atoms with Gasteiger partial charge >= 0.3 is 0 Å². The van der Waals surface area contributed by atoms with E-state index in [9.17, 15) is 0 Å². The molecule has 0 amide bonds. The highest BCUT2D eigenvalue weighted by molar-refractivity contribution is 5.55. The Balaban J connectivity index is 1.36. The van der Waals surface area contributed by atoms with E-state index in [4.69, 9.17) is 9.47 Å². The number of ether oxygens (including phenoxy) is 2. The highest BCUT2D eigenvalue weighted by Crippen LogP contribution is 2.23. The van der Waals surface area contributed by atoms with Crippen LogP contribution in [0.2, 0.25) is 0 Å². The van der Waals surface area contributed by atoms with Crippen LogP contribution < -0.4 is 15.0 Å². The molecule has 0 saturated carbocycles. The Kier molecular flexibility index (Phi) is 6.32. The van der Waals surface area contributed by atoms with Crippen LogP contribution in [0.4, 0.5) is 11.4 Å². The number of nitrogens with zero attached hydrogens (tertiary/aromatic N) is 1. The van der Waals surface area contributed by atoms with E-state index >= 15 is 0 Å². The van der Waals surface area contributed by atoms with Gasteiger partial charge in [-0.15, -0.1) is 0 Å². The minimum absolute atomic E-state index is 0.576. The minimum Gasteiger partial charge on any atom is -0.489 e. The molecular weight excluding hydrogens is 360 g/mol. The predicted octanol–water partition coefficient (Wildman–Crippen LogP) is 5.02. The molecule has 3 aromatic rings. The molecule has 4 nitrogen and oxygen atoms in total. The number of anilines is 2. The molecule has 0 atom stereocenters. The van der Waals surface area contributed by atoms with Gasteiger partial charge in [0.05, 0.1) is 13.2 Å². The highest BCUT2D eigenvalue weighted by atomic mass is 16.5. The average molecular weight is 389 g/mol. The highest BCUT2D eigenvalue weighted by Gasteiger charge is 2.11. The zero-order valence-corrected chi connectivity index (χ0v) is 16.9. The number of rotatable bonds is 7. The second-order valence-corrected chi connectivity index (χ2v) is 7.39. The van der Waals surface area contributed by atoms with Crippen LogP contribution in [0.25, 0.3) is 0 Å². The monoisotopic (exact) mass is 388 g/mol. The second-order valence-electron chi connectivity index (χ2n) is 7.39. The van der Waals surface area contributed by atoms with E-state index in [0.29, 0.717) is 6.61 Å². The number of aryl methyl sites for hydroxylation is 1. The first-order chi connectivity index (χ1) is 14.3. The number of hydrogen-bond acceptors (Lipinski definition) is 4. The quantitative estimate of drug-likeness (QED) is 0.616. The van der Waals surface area contributed by atoms with Crippen molar-refractivity contribution in [2.24, 2.45) is 0 Å². The molecule has 0 spiro atoms. The van der Waals surface area contributed by atoms with Gasteiger partial charge < -0.3 is 19.7 Å². The SMILES string of the molecule is Cc1cccc(COc2ccccc2CNc2ccc(N3CCOCC3)cc2)c1. The van der Waals surface area contributed by atoms with E-state index in [2.05, 4.69) is 77.8 Å². The fraction of sp³-hybridized carbons (Fsp3) is 0.280. The van der Waals surface area contributed by atoms with Gasteiger partial charge in [0.25, 0.3) is 0 Å². The molecule has 0 bridgehead atoms. The van der Waals surface area contributed by atoms with Crippen molar-refractivity contribution in [3.63, 3.8) is 0 Å². The largest absolute Gasteiger partial charge is 0.489 e. The van der Waals surface area contributed by atoms with E-state index in [1.54, 1.807) is 0 Å². The molecule has 1 aliphatic heterocycles. The molecule has 4 rings (SSSR count). The van der Waals surface area contributed by atoms with Crippen molar-refractivity contribution < 1.29 is 9.47 Å². The lowest BCUT2D eigenvalue weighted by molar-refractivity contribution is 0.122. The van der Waals surface area contributed by atoms with E-state index < -0.39 is 0 Å². The van der Waals surface area contributed by atoms with E-state index in [0.717, 1.165) is 49.8 Å². The molecule has 4 heteroatoms. The number of nitrogens with one attached hydrogen (secondary N) is 1. The number of para-hydroxylation sites is 1. The first kappa shape index (κ1) is 19.3. The lowest BCUT2D eigenvalue weighted by atomic mass is 10.1. The topological polar surface area (TPSA) is 33.7 Å². The van der Waals surface area contributed by atoms with Crippen LogP contribution in [0.1, 0.15) is 16.7 Å². The summed E-state index contributed by atoms with van der Waals surface area (Å²) >= 11 is 0. The summed E-state index contributed by atoms with van der Waals surface area (Å²) in [7, 11) is 0. The van der Waals surface area contributed by atoms with Crippen molar-refractivity contribution in [1.29, 1.82) is 0 Å². The Bertz CT molecular complexity index is 918. The maximum atomic E-state index is 6.11. The van der Waals surface area contributed by atoms with E-state index in [1.807, 2.05) is 12.1 Å². The second kappa shape index (κ2) is 9.48. The first-order valence-electron chi connectivity index (χ1n) is 10.2. The summed E-state index contributed by atoms with van der Waals surface area (Å²) in [5.74, 6) is 0.923. The zero-order valence-electron chi connectivity index (χ0n) is 16.9.